The summed E-state index contributed by atoms with van der Waals surface area (Å²) < 4.78 is 0. The highest BCUT2D eigenvalue weighted by atomic mass is 35.5. The SMILES string of the molecule is N#Cc1ccc(CCC(=O)N2CCN(Cc3cccc(Cl)c3)CC2)cc1. The highest BCUT2D eigenvalue weighted by Gasteiger charge is 2.20. The number of benzene rings is 2. The van der Waals surface area contributed by atoms with Crippen LogP contribution < -0.4 is 0 Å². The number of halogens is 1. The van der Waals surface area contributed by atoms with Crippen molar-refractivity contribution in [2.75, 3.05) is 26.2 Å². The zero-order chi connectivity index (χ0) is 18.4. The number of nitriles is 1. The molecule has 4 nitrogen and oxygen atoms in total. The lowest BCUT2D eigenvalue weighted by molar-refractivity contribution is -0.133. The molecule has 3 rings (SSSR count). The van der Waals surface area contributed by atoms with Crippen molar-refractivity contribution in [2.24, 2.45) is 0 Å². The van der Waals surface area contributed by atoms with E-state index in [-0.39, 0.29) is 5.91 Å². The fraction of sp³-hybridized carbons (Fsp3) is 0.333. The van der Waals surface area contributed by atoms with E-state index in [0.29, 0.717) is 18.4 Å². The first kappa shape index (κ1) is 18.4. The zero-order valence-electron chi connectivity index (χ0n) is 14.7. The molecule has 1 aliphatic rings. The van der Waals surface area contributed by atoms with Crippen LogP contribution in [0.5, 0.6) is 0 Å². The summed E-state index contributed by atoms with van der Waals surface area (Å²) in [5, 5.41) is 9.59. The average Bonchev–Trinajstić information content (AvgIpc) is 2.67. The van der Waals surface area contributed by atoms with Gasteiger partial charge in [-0.3, -0.25) is 9.69 Å². The highest BCUT2D eigenvalue weighted by Crippen LogP contribution is 2.15. The lowest BCUT2D eigenvalue weighted by Gasteiger charge is -2.35. The van der Waals surface area contributed by atoms with E-state index >= 15 is 0 Å². The van der Waals surface area contributed by atoms with E-state index in [1.165, 1.54) is 5.56 Å². The molecule has 0 unspecified atom stereocenters. The minimum atomic E-state index is 0.205. The number of hydrogen-bond acceptors (Lipinski definition) is 3. The maximum atomic E-state index is 12.4. The maximum absolute atomic E-state index is 12.4. The van der Waals surface area contributed by atoms with Crippen molar-refractivity contribution in [1.29, 1.82) is 5.26 Å². The van der Waals surface area contributed by atoms with Gasteiger partial charge in [0, 0.05) is 44.2 Å². The van der Waals surface area contributed by atoms with Crippen LogP contribution in [0, 0.1) is 11.3 Å². The van der Waals surface area contributed by atoms with Gasteiger partial charge in [-0.25, -0.2) is 0 Å². The number of carbonyl (C=O) groups excluding carboxylic acids is 1. The Balaban J connectivity index is 1.43. The first-order valence-electron chi connectivity index (χ1n) is 8.87. The number of hydrogen-bond donors (Lipinski definition) is 0. The molecular formula is C21H22ClN3O. The van der Waals surface area contributed by atoms with Gasteiger partial charge in [0.2, 0.25) is 5.91 Å². The Kier molecular flexibility index (Phi) is 6.27. The third-order valence-corrected chi connectivity index (χ3v) is 4.97. The van der Waals surface area contributed by atoms with Gasteiger partial charge in [-0.05, 0) is 41.8 Å². The third-order valence-electron chi connectivity index (χ3n) is 4.73. The number of aryl methyl sites for hydroxylation is 1. The number of rotatable bonds is 5. The molecular weight excluding hydrogens is 346 g/mol. The molecule has 0 aliphatic carbocycles. The summed E-state index contributed by atoms with van der Waals surface area (Å²) in [7, 11) is 0. The lowest BCUT2D eigenvalue weighted by Crippen LogP contribution is -2.48. The molecule has 1 aliphatic heterocycles. The minimum Gasteiger partial charge on any atom is -0.340 e. The van der Waals surface area contributed by atoms with Gasteiger partial charge in [-0.1, -0.05) is 35.9 Å². The number of nitrogens with zero attached hydrogens (tertiary/aromatic N) is 3. The second-order valence-electron chi connectivity index (χ2n) is 6.60. The molecule has 5 heteroatoms. The van der Waals surface area contributed by atoms with Crippen molar-refractivity contribution >= 4 is 17.5 Å². The Morgan fingerprint density at radius 1 is 1.04 bits per heavy atom. The van der Waals surface area contributed by atoms with E-state index < -0.39 is 0 Å². The molecule has 0 bridgehead atoms. The van der Waals surface area contributed by atoms with Gasteiger partial charge in [-0.15, -0.1) is 0 Å². The van der Waals surface area contributed by atoms with Gasteiger partial charge >= 0.3 is 0 Å². The first-order chi connectivity index (χ1) is 12.6. The average molecular weight is 368 g/mol. The molecule has 2 aromatic rings. The van der Waals surface area contributed by atoms with Crippen LogP contribution >= 0.6 is 11.6 Å². The van der Waals surface area contributed by atoms with E-state index in [1.807, 2.05) is 35.2 Å². The Morgan fingerprint density at radius 2 is 1.77 bits per heavy atom. The Morgan fingerprint density at radius 3 is 2.42 bits per heavy atom. The van der Waals surface area contributed by atoms with Crippen molar-refractivity contribution in [1.82, 2.24) is 9.80 Å². The Bertz CT molecular complexity index is 790. The lowest BCUT2D eigenvalue weighted by atomic mass is 10.1. The van der Waals surface area contributed by atoms with Crippen LogP contribution in [-0.2, 0) is 17.8 Å². The van der Waals surface area contributed by atoms with Crippen LogP contribution in [0.3, 0.4) is 0 Å². The quantitative estimate of drug-likeness (QED) is 0.812. The van der Waals surface area contributed by atoms with E-state index in [0.717, 1.165) is 43.3 Å². The van der Waals surface area contributed by atoms with Crippen LogP contribution in [0.1, 0.15) is 23.1 Å². The smallest absolute Gasteiger partial charge is 0.222 e. The van der Waals surface area contributed by atoms with Gasteiger partial charge < -0.3 is 4.90 Å². The monoisotopic (exact) mass is 367 g/mol. The molecule has 0 saturated carbocycles. The minimum absolute atomic E-state index is 0.205. The molecule has 26 heavy (non-hydrogen) atoms. The molecule has 134 valence electrons. The summed E-state index contributed by atoms with van der Waals surface area (Å²) in [6, 6.07) is 17.5. The van der Waals surface area contributed by atoms with Crippen molar-refractivity contribution in [3.63, 3.8) is 0 Å². The molecule has 0 radical (unpaired) electrons. The van der Waals surface area contributed by atoms with Crippen molar-refractivity contribution in [2.45, 2.75) is 19.4 Å². The van der Waals surface area contributed by atoms with Crippen molar-refractivity contribution < 1.29 is 4.79 Å². The van der Waals surface area contributed by atoms with E-state index in [1.54, 1.807) is 12.1 Å². The van der Waals surface area contributed by atoms with Crippen LogP contribution in [0.25, 0.3) is 0 Å². The van der Waals surface area contributed by atoms with Crippen LogP contribution in [-0.4, -0.2) is 41.9 Å². The third kappa shape index (κ3) is 5.08. The Hall–Kier alpha value is -2.35. The van der Waals surface area contributed by atoms with Gasteiger partial charge in [0.25, 0.3) is 0 Å². The van der Waals surface area contributed by atoms with Gasteiger partial charge in [0.1, 0.15) is 0 Å². The Labute approximate surface area is 159 Å². The molecule has 0 atom stereocenters. The van der Waals surface area contributed by atoms with Gasteiger partial charge in [-0.2, -0.15) is 5.26 Å². The predicted octanol–water partition coefficient (Wildman–Crippen LogP) is 3.49. The fourth-order valence-corrected chi connectivity index (χ4v) is 3.42. The molecule has 1 heterocycles. The molecule has 0 spiro atoms. The summed E-state index contributed by atoms with van der Waals surface area (Å²) in [6.07, 6.45) is 1.23. The van der Waals surface area contributed by atoms with E-state index in [4.69, 9.17) is 16.9 Å². The molecule has 1 saturated heterocycles. The molecule has 0 N–H and O–H groups in total. The highest BCUT2D eigenvalue weighted by molar-refractivity contribution is 6.30. The number of piperazine rings is 1. The molecule has 0 aromatic heterocycles. The number of carbonyl (C=O) groups is 1. The first-order valence-corrected chi connectivity index (χ1v) is 9.25. The molecule has 2 aromatic carbocycles. The second-order valence-corrected chi connectivity index (χ2v) is 7.03. The van der Waals surface area contributed by atoms with Crippen LogP contribution in [0.4, 0.5) is 0 Å². The zero-order valence-corrected chi connectivity index (χ0v) is 15.5. The fourth-order valence-electron chi connectivity index (χ4n) is 3.20. The summed E-state index contributed by atoms with van der Waals surface area (Å²) in [5.41, 5.74) is 2.95. The van der Waals surface area contributed by atoms with E-state index in [9.17, 15) is 4.79 Å². The van der Waals surface area contributed by atoms with E-state index in [2.05, 4.69) is 17.0 Å². The number of amides is 1. The maximum Gasteiger partial charge on any atom is 0.222 e. The van der Waals surface area contributed by atoms with Crippen LogP contribution in [0.15, 0.2) is 48.5 Å². The normalized spacial score (nSPS) is 14.8. The van der Waals surface area contributed by atoms with Gasteiger partial charge in [0.15, 0.2) is 0 Å². The summed E-state index contributed by atoms with van der Waals surface area (Å²) >= 11 is 6.04. The summed E-state index contributed by atoms with van der Waals surface area (Å²) in [6.45, 7) is 4.18. The van der Waals surface area contributed by atoms with Crippen molar-refractivity contribution in [3.05, 3.63) is 70.2 Å². The van der Waals surface area contributed by atoms with Crippen molar-refractivity contribution in [3.8, 4) is 6.07 Å². The predicted molar refractivity (Wildman–Crippen MR) is 103 cm³/mol. The topological polar surface area (TPSA) is 47.3 Å². The summed E-state index contributed by atoms with van der Waals surface area (Å²) in [5.74, 6) is 0.205. The molecule has 1 fully saturated rings. The van der Waals surface area contributed by atoms with Gasteiger partial charge in [0.05, 0.1) is 11.6 Å². The second kappa shape index (κ2) is 8.84. The van der Waals surface area contributed by atoms with Crippen LogP contribution in [0.2, 0.25) is 5.02 Å². The summed E-state index contributed by atoms with van der Waals surface area (Å²) in [4.78, 5) is 16.8. The molecule has 1 amide bonds. The largest absolute Gasteiger partial charge is 0.340 e. The standard InChI is InChI=1S/C21H22ClN3O/c22-20-3-1-2-19(14-20)16-24-10-12-25(13-11-24)21(26)9-8-17-4-6-18(15-23)7-5-17/h1-7,14H,8-13,16H2.